The molecule has 4 aliphatic rings. The van der Waals surface area contributed by atoms with Crippen LogP contribution in [-0.4, -0.2) is 33.4 Å². The molecule has 1 aromatic rings. The zero-order valence-corrected chi connectivity index (χ0v) is 26.7. The molecule has 0 aromatic heterocycles. The molecular weight excluding hydrogens is 536 g/mol. The Hall–Kier alpha value is -1.73. The number of fused-ring (bicyclic) bond motifs is 5. The Kier molecular flexibility index (Phi) is 8.55. The highest BCUT2D eigenvalue weighted by atomic mass is 32.2. The van der Waals surface area contributed by atoms with Crippen molar-refractivity contribution in [3.05, 3.63) is 29.8 Å². The lowest BCUT2D eigenvalue weighted by Crippen LogP contribution is -2.60. The van der Waals surface area contributed by atoms with Gasteiger partial charge in [0.2, 0.25) is 0 Å². The van der Waals surface area contributed by atoms with E-state index in [1.807, 2.05) is 6.92 Å². The standard InChI is InChI=1S/C34H50O6S/c1-7-25-29-20-23(40-41(37,38)24-11-8-21(2)9-12-24)16-18-34(29,5)28-17-19-33(4)26(22(3)10-15-30(35)39-6)13-14-27(33)31(28)32(25)36/h8-9,11-12,22-23,25-29,31H,7,10,13-20H2,1-6H3/t22-,23-,25+,26-,27?,28?,29+,31?,33-,34-/m1/s1. The van der Waals surface area contributed by atoms with Crippen molar-refractivity contribution in [1.82, 2.24) is 0 Å². The molecule has 4 saturated carbocycles. The van der Waals surface area contributed by atoms with Crippen LogP contribution in [0.25, 0.3) is 0 Å². The van der Waals surface area contributed by atoms with Crippen molar-refractivity contribution < 1.29 is 26.9 Å². The van der Waals surface area contributed by atoms with Crippen molar-refractivity contribution >= 4 is 21.9 Å². The number of ether oxygens (including phenoxy) is 1. The van der Waals surface area contributed by atoms with Crippen molar-refractivity contribution in [3.8, 4) is 0 Å². The fourth-order valence-corrected chi connectivity index (χ4v) is 11.4. The minimum Gasteiger partial charge on any atom is -0.469 e. The van der Waals surface area contributed by atoms with Crippen LogP contribution in [0.3, 0.4) is 0 Å². The first-order chi connectivity index (χ1) is 19.4. The normalized spacial score (nSPS) is 39.4. The van der Waals surface area contributed by atoms with Crippen LogP contribution in [0.2, 0.25) is 0 Å². The maximum Gasteiger partial charge on any atom is 0.305 e. The number of carbonyl (C=O) groups is 2. The van der Waals surface area contributed by atoms with Crippen LogP contribution >= 0.6 is 0 Å². The SMILES string of the molecule is CC[C@@H]1C(=O)C2C3CC[C@H]([C@H](C)CCC(=O)OC)[C@@]3(C)CCC2[C@@]2(C)CC[C@@H](OS(=O)(=O)c3ccc(C)cc3)C[C@@H]12. The Bertz CT molecular complexity index is 1240. The minimum atomic E-state index is -3.86. The third-order valence-corrected chi connectivity index (χ3v) is 13.8. The molecule has 7 heteroatoms. The molecular formula is C34H50O6S. The second kappa shape index (κ2) is 11.4. The number of Topliss-reactive ketones (excluding diaryl/α,β-unsaturated/α-hetero) is 1. The van der Waals surface area contributed by atoms with Gasteiger partial charge in [0, 0.05) is 18.3 Å². The van der Waals surface area contributed by atoms with Gasteiger partial charge in [0.25, 0.3) is 10.1 Å². The predicted octanol–water partition coefficient (Wildman–Crippen LogP) is 7.13. The van der Waals surface area contributed by atoms with E-state index >= 15 is 0 Å². The van der Waals surface area contributed by atoms with Gasteiger partial charge in [-0.3, -0.25) is 13.8 Å². The second-order valence-corrected chi connectivity index (χ2v) is 15.9. The fourth-order valence-electron chi connectivity index (χ4n) is 10.3. The Morgan fingerprint density at radius 1 is 1.00 bits per heavy atom. The van der Waals surface area contributed by atoms with Crippen LogP contribution in [0.15, 0.2) is 29.2 Å². The van der Waals surface area contributed by atoms with Crippen molar-refractivity contribution in [3.63, 3.8) is 0 Å². The predicted molar refractivity (Wildman–Crippen MR) is 158 cm³/mol. The molecule has 4 fully saturated rings. The quantitative estimate of drug-likeness (QED) is 0.238. The van der Waals surface area contributed by atoms with Crippen LogP contribution in [0.5, 0.6) is 0 Å². The van der Waals surface area contributed by atoms with Gasteiger partial charge in [0.05, 0.1) is 18.1 Å². The third kappa shape index (κ3) is 5.32. The molecule has 228 valence electrons. The summed E-state index contributed by atoms with van der Waals surface area (Å²) in [6.07, 6.45) is 8.34. The minimum absolute atomic E-state index is 0.0165. The van der Waals surface area contributed by atoms with Gasteiger partial charge in [0.1, 0.15) is 5.78 Å². The largest absolute Gasteiger partial charge is 0.469 e. The van der Waals surface area contributed by atoms with Gasteiger partial charge in [-0.2, -0.15) is 8.42 Å². The lowest BCUT2D eigenvalue weighted by molar-refractivity contribution is -0.172. The molecule has 4 aliphatic carbocycles. The summed E-state index contributed by atoms with van der Waals surface area (Å²) >= 11 is 0. The zero-order valence-electron chi connectivity index (χ0n) is 25.9. The van der Waals surface area contributed by atoms with E-state index in [0.717, 1.165) is 50.5 Å². The Morgan fingerprint density at radius 2 is 1.66 bits per heavy atom. The number of carbonyl (C=O) groups excluding carboxylic acids is 2. The molecule has 0 aliphatic heterocycles. The van der Waals surface area contributed by atoms with Gasteiger partial charge >= 0.3 is 5.97 Å². The van der Waals surface area contributed by atoms with Crippen molar-refractivity contribution in [2.45, 2.75) is 110 Å². The summed E-state index contributed by atoms with van der Waals surface area (Å²) in [7, 11) is -2.40. The number of ketones is 1. The molecule has 41 heavy (non-hydrogen) atoms. The van der Waals surface area contributed by atoms with E-state index in [0.29, 0.717) is 48.7 Å². The molecule has 1 aromatic carbocycles. The first kappa shape index (κ1) is 30.7. The summed E-state index contributed by atoms with van der Waals surface area (Å²) in [5, 5.41) is 0. The number of hydrogen-bond donors (Lipinski definition) is 0. The van der Waals surface area contributed by atoms with E-state index < -0.39 is 16.2 Å². The van der Waals surface area contributed by atoms with Crippen LogP contribution in [0.1, 0.15) is 97.5 Å². The molecule has 0 spiro atoms. The summed E-state index contributed by atoms with van der Waals surface area (Å²) in [6, 6.07) is 6.83. The van der Waals surface area contributed by atoms with E-state index in [4.69, 9.17) is 8.92 Å². The van der Waals surface area contributed by atoms with Crippen molar-refractivity contribution in [1.29, 1.82) is 0 Å². The van der Waals surface area contributed by atoms with Crippen molar-refractivity contribution in [2.75, 3.05) is 7.11 Å². The maximum atomic E-state index is 14.4. The molecule has 6 nitrogen and oxygen atoms in total. The van der Waals surface area contributed by atoms with Gasteiger partial charge in [-0.25, -0.2) is 0 Å². The van der Waals surface area contributed by atoms with Crippen LogP contribution in [0.4, 0.5) is 0 Å². The van der Waals surface area contributed by atoms with Crippen molar-refractivity contribution in [2.24, 2.45) is 52.3 Å². The number of esters is 1. The van der Waals surface area contributed by atoms with Gasteiger partial charge in [0.15, 0.2) is 0 Å². The molecule has 3 unspecified atom stereocenters. The smallest absolute Gasteiger partial charge is 0.305 e. The monoisotopic (exact) mass is 586 g/mol. The van der Waals surface area contributed by atoms with Gasteiger partial charge in [-0.05, 0) is 117 Å². The lowest BCUT2D eigenvalue weighted by atomic mass is 9.42. The lowest BCUT2D eigenvalue weighted by Gasteiger charge is -2.62. The molecule has 0 amide bonds. The molecule has 10 atom stereocenters. The van der Waals surface area contributed by atoms with Gasteiger partial charge in [-0.15, -0.1) is 0 Å². The number of aryl methyl sites for hydroxylation is 1. The highest BCUT2D eigenvalue weighted by molar-refractivity contribution is 7.86. The number of rotatable bonds is 8. The van der Waals surface area contributed by atoms with Crippen LogP contribution in [0, 0.1) is 59.2 Å². The summed E-state index contributed by atoms with van der Waals surface area (Å²) in [5.41, 5.74) is 1.14. The highest BCUT2D eigenvalue weighted by Crippen LogP contribution is 2.68. The Morgan fingerprint density at radius 3 is 2.32 bits per heavy atom. The molecule has 0 radical (unpaired) electrons. The molecule has 5 rings (SSSR count). The maximum absolute atomic E-state index is 14.4. The summed E-state index contributed by atoms with van der Waals surface area (Å²) in [6.45, 7) is 11.2. The summed E-state index contributed by atoms with van der Waals surface area (Å²) in [5.74, 6) is 2.16. The van der Waals surface area contributed by atoms with E-state index in [1.54, 1.807) is 24.3 Å². The van der Waals surface area contributed by atoms with E-state index in [2.05, 4.69) is 27.7 Å². The topological polar surface area (TPSA) is 86.7 Å². The fraction of sp³-hybridized carbons (Fsp3) is 0.765. The van der Waals surface area contributed by atoms with E-state index in [9.17, 15) is 18.0 Å². The first-order valence-corrected chi connectivity index (χ1v) is 17.4. The third-order valence-electron chi connectivity index (χ3n) is 12.5. The highest BCUT2D eigenvalue weighted by Gasteiger charge is 2.65. The molecule has 0 saturated heterocycles. The average Bonchev–Trinajstić information content (AvgIpc) is 3.29. The van der Waals surface area contributed by atoms with Crippen LogP contribution < -0.4 is 0 Å². The Labute approximate surface area is 247 Å². The average molecular weight is 587 g/mol. The summed E-state index contributed by atoms with van der Waals surface area (Å²) in [4.78, 5) is 26.5. The van der Waals surface area contributed by atoms with Crippen LogP contribution in [-0.2, 0) is 28.6 Å². The summed E-state index contributed by atoms with van der Waals surface area (Å²) < 4.78 is 37.0. The molecule has 0 bridgehead atoms. The zero-order chi connectivity index (χ0) is 29.7. The Balaban J connectivity index is 1.35. The van der Waals surface area contributed by atoms with Gasteiger partial charge < -0.3 is 4.74 Å². The van der Waals surface area contributed by atoms with Gasteiger partial charge in [-0.1, -0.05) is 45.4 Å². The van der Waals surface area contributed by atoms with E-state index in [1.165, 1.54) is 7.11 Å². The second-order valence-electron chi connectivity index (χ2n) is 14.3. The number of hydrogen-bond acceptors (Lipinski definition) is 6. The molecule has 0 N–H and O–H groups in total. The molecule has 0 heterocycles. The first-order valence-electron chi connectivity index (χ1n) is 16.0. The number of benzene rings is 1. The number of methoxy groups -OCH3 is 1. The van der Waals surface area contributed by atoms with E-state index in [-0.39, 0.29) is 39.4 Å².